The van der Waals surface area contributed by atoms with E-state index in [-0.39, 0.29) is 0 Å². The maximum Gasteiger partial charge on any atom is 0.125 e. The molecule has 0 atom stereocenters. The molecule has 0 amide bonds. The average Bonchev–Trinajstić information content (AvgIpc) is 2.53. The van der Waals surface area contributed by atoms with E-state index in [0.717, 1.165) is 16.8 Å². The van der Waals surface area contributed by atoms with Crippen molar-refractivity contribution in [3.05, 3.63) is 30.1 Å². The van der Waals surface area contributed by atoms with Crippen LogP contribution in [0.4, 0.5) is 0 Å². The molecule has 0 spiro atoms. The van der Waals surface area contributed by atoms with Crippen molar-refractivity contribution in [1.82, 2.24) is 9.61 Å². The number of fused-ring (bicyclic) bond motifs is 1. The van der Waals surface area contributed by atoms with Gasteiger partial charge in [0.1, 0.15) is 5.75 Å². The van der Waals surface area contributed by atoms with Gasteiger partial charge in [-0.3, -0.25) is 0 Å². The lowest BCUT2D eigenvalue weighted by Gasteiger charge is -2.04. The predicted molar refractivity (Wildman–Crippen MR) is 46.5 cm³/mol. The van der Waals surface area contributed by atoms with Gasteiger partial charge >= 0.3 is 0 Å². The Morgan fingerprint density at radius 1 is 1.42 bits per heavy atom. The number of pyridine rings is 1. The van der Waals surface area contributed by atoms with Crippen LogP contribution < -0.4 is 4.74 Å². The van der Waals surface area contributed by atoms with Gasteiger partial charge in [0.05, 0.1) is 12.6 Å². The molecule has 2 rings (SSSR count). The Morgan fingerprint density at radius 3 is 3.00 bits per heavy atom. The van der Waals surface area contributed by atoms with E-state index in [0.29, 0.717) is 0 Å². The third-order valence-corrected chi connectivity index (χ3v) is 2.01. The minimum atomic E-state index is 0.906. The lowest BCUT2D eigenvalue weighted by atomic mass is 10.2. The number of aryl methyl sites for hydroxylation is 1. The molecule has 0 radical (unpaired) electrons. The number of nitrogens with zero attached hydrogens (tertiary/aromatic N) is 2. The van der Waals surface area contributed by atoms with Crippen LogP contribution in [0, 0.1) is 6.92 Å². The van der Waals surface area contributed by atoms with Crippen LogP contribution in [-0.2, 0) is 0 Å². The van der Waals surface area contributed by atoms with Crippen molar-refractivity contribution in [1.29, 1.82) is 0 Å². The maximum absolute atomic E-state index is 5.18. The second-order valence-corrected chi connectivity index (χ2v) is 2.67. The average molecular weight is 162 g/mol. The second kappa shape index (κ2) is 2.52. The lowest BCUT2D eigenvalue weighted by molar-refractivity contribution is 0.411. The monoisotopic (exact) mass is 162 g/mol. The third kappa shape index (κ3) is 0.863. The number of aromatic nitrogens is 2. The van der Waals surface area contributed by atoms with Crippen molar-refractivity contribution in [2.75, 3.05) is 7.11 Å². The maximum atomic E-state index is 5.18. The molecule has 3 nitrogen and oxygen atoms in total. The van der Waals surface area contributed by atoms with Crippen molar-refractivity contribution in [3.8, 4) is 5.75 Å². The van der Waals surface area contributed by atoms with Crippen LogP contribution in [0.2, 0.25) is 0 Å². The smallest absolute Gasteiger partial charge is 0.125 e. The van der Waals surface area contributed by atoms with E-state index in [1.807, 2.05) is 29.8 Å². The van der Waals surface area contributed by atoms with E-state index in [1.165, 1.54) is 0 Å². The summed E-state index contributed by atoms with van der Waals surface area (Å²) in [7, 11) is 1.68. The highest BCUT2D eigenvalue weighted by atomic mass is 16.5. The molecule has 2 aromatic rings. The summed E-state index contributed by atoms with van der Waals surface area (Å²) in [6.07, 6.45) is 3.67. The van der Waals surface area contributed by atoms with Crippen LogP contribution in [0.15, 0.2) is 24.5 Å². The second-order valence-electron chi connectivity index (χ2n) is 2.67. The van der Waals surface area contributed by atoms with Crippen LogP contribution in [0.5, 0.6) is 5.75 Å². The zero-order valence-corrected chi connectivity index (χ0v) is 7.11. The van der Waals surface area contributed by atoms with Gasteiger partial charge in [-0.15, -0.1) is 0 Å². The summed E-state index contributed by atoms with van der Waals surface area (Å²) in [6, 6.07) is 3.88. The van der Waals surface area contributed by atoms with Gasteiger partial charge in [0.25, 0.3) is 0 Å². The van der Waals surface area contributed by atoms with Gasteiger partial charge < -0.3 is 4.74 Å². The van der Waals surface area contributed by atoms with Gasteiger partial charge in [-0.2, -0.15) is 5.10 Å². The van der Waals surface area contributed by atoms with E-state index >= 15 is 0 Å². The fourth-order valence-electron chi connectivity index (χ4n) is 1.34. The fraction of sp³-hybridized carbons (Fsp3) is 0.222. The summed E-state index contributed by atoms with van der Waals surface area (Å²) in [5.41, 5.74) is 2.21. The van der Waals surface area contributed by atoms with E-state index in [1.54, 1.807) is 13.3 Å². The molecule has 0 bridgehead atoms. The molecule has 0 aliphatic rings. The summed E-state index contributed by atoms with van der Waals surface area (Å²) >= 11 is 0. The first-order valence-electron chi connectivity index (χ1n) is 3.80. The summed E-state index contributed by atoms with van der Waals surface area (Å²) in [6.45, 7) is 2.02. The number of ether oxygens (including phenoxy) is 1. The Kier molecular flexibility index (Phi) is 1.50. The quantitative estimate of drug-likeness (QED) is 0.637. The van der Waals surface area contributed by atoms with Crippen LogP contribution >= 0.6 is 0 Å². The van der Waals surface area contributed by atoms with Crippen molar-refractivity contribution >= 4 is 5.52 Å². The topological polar surface area (TPSA) is 26.5 Å². The van der Waals surface area contributed by atoms with Crippen molar-refractivity contribution < 1.29 is 4.74 Å². The normalized spacial score (nSPS) is 10.5. The molecule has 3 heteroatoms. The number of methoxy groups -OCH3 is 1. The van der Waals surface area contributed by atoms with Crippen LogP contribution in [0.25, 0.3) is 5.52 Å². The lowest BCUT2D eigenvalue weighted by Crippen LogP contribution is -1.92. The minimum Gasteiger partial charge on any atom is -0.496 e. The minimum absolute atomic E-state index is 0.906. The zero-order chi connectivity index (χ0) is 8.55. The molecule has 0 aromatic carbocycles. The molecule has 0 saturated carbocycles. The van der Waals surface area contributed by atoms with Crippen molar-refractivity contribution in [3.63, 3.8) is 0 Å². The molecule has 2 heterocycles. The van der Waals surface area contributed by atoms with Crippen LogP contribution in [0.3, 0.4) is 0 Å². The highest BCUT2D eigenvalue weighted by Gasteiger charge is 2.02. The molecule has 12 heavy (non-hydrogen) atoms. The zero-order valence-electron chi connectivity index (χ0n) is 7.11. The number of hydrogen-bond donors (Lipinski definition) is 0. The van der Waals surface area contributed by atoms with E-state index in [9.17, 15) is 0 Å². The molecule has 0 aliphatic carbocycles. The fourth-order valence-corrected chi connectivity index (χ4v) is 1.34. The first-order valence-corrected chi connectivity index (χ1v) is 3.80. The Labute approximate surface area is 70.6 Å². The SMILES string of the molecule is COc1ccn2nccc2c1C. The van der Waals surface area contributed by atoms with E-state index < -0.39 is 0 Å². The molecule has 0 unspecified atom stereocenters. The first kappa shape index (κ1) is 7.16. The molecule has 2 aromatic heterocycles. The third-order valence-electron chi connectivity index (χ3n) is 2.01. The first-order chi connectivity index (χ1) is 5.83. The molecule has 0 aliphatic heterocycles. The number of rotatable bonds is 1. The molecule has 0 saturated heterocycles. The highest BCUT2D eigenvalue weighted by Crippen LogP contribution is 2.20. The van der Waals surface area contributed by atoms with Crippen LogP contribution in [0.1, 0.15) is 5.56 Å². The molecular formula is C9H10N2O. The standard InChI is InChI=1S/C9H10N2O/c1-7-8-3-5-10-11(8)6-4-9(7)12-2/h3-6H,1-2H3. The Balaban J connectivity index is 2.78. The van der Waals surface area contributed by atoms with Gasteiger partial charge in [0.15, 0.2) is 0 Å². The van der Waals surface area contributed by atoms with Crippen molar-refractivity contribution in [2.45, 2.75) is 6.92 Å². The van der Waals surface area contributed by atoms with Crippen molar-refractivity contribution in [2.24, 2.45) is 0 Å². The number of hydrogen-bond acceptors (Lipinski definition) is 2. The summed E-state index contributed by atoms with van der Waals surface area (Å²) in [4.78, 5) is 0. The predicted octanol–water partition coefficient (Wildman–Crippen LogP) is 1.65. The Bertz CT molecular complexity index is 406. The van der Waals surface area contributed by atoms with E-state index in [4.69, 9.17) is 4.74 Å². The Hall–Kier alpha value is -1.51. The molecule has 0 fully saturated rings. The van der Waals surface area contributed by atoms with Gasteiger partial charge in [0, 0.05) is 18.0 Å². The Morgan fingerprint density at radius 2 is 2.25 bits per heavy atom. The van der Waals surface area contributed by atoms with Gasteiger partial charge in [-0.25, -0.2) is 4.52 Å². The summed E-state index contributed by atoms with van der Waals surface area (Å²) in [5, 5.41) is 4.12. The molecular weight excluding hydrogens is 152 g/mol. The van der Waals surface area contributed by atoms with Gasteiger partial charge in [0.2, 0.25) is 0 Å². The van der Waals surface area contributed by atoms with Crippen LogP contribution in [-0.4, -0.2) is 16.7 Å². The molecule has 62 valence electrons. The largest absolute Gasteiger partial charge is 0.496 e. The summed E-state index contributed by atoms with van der Waals surface area (Å²) < 4.78 is 7.01. The summed E-state index contributed by atoms with van der Waals surface area (Å²) in [5.74, 6) is 0.906. The van der Waals surface area contributed by atoms with E-state index in [2.05, 4.69) is 5.10 Å². The molecule has 0 N–H and O–H groups in total. The van der Waals surface area contributed by atoms with Gasteiger partial charge in [-0.05, 0) is 19.1 Å². The highest BCUT2D eigenvalue weighted by molar-refractivity contribution is 5.58. The van der Waals surface area contributed by atoms with Gasteiger partial charge in [-0.1, -0.05) is 0 Å².